The van der Waals surface area contributed by atoms with Gasteiger partial charge in [0.05, 0.1) is 25.7 Å². The van der Waals surface area contributed by atoms with Crippen LogP contribution in [0, 0.1) is 0 Å². The fourth-order valence-electron chi connectivity index (χ4n) is 2.11. The molecular formula is C8H16N2O6S2. The first-order chi connectivity index (χ1) is 8.21. The lowest BCUT2D eigenvalue weighted by atomic mass is 10.3. The third-order valence-electron chi connectivity index (χ3n) is 2.86. The molecule has 8 nitrogen and oxygen atoms in total. The largest absolute Gasteiger partial charge is 0.355 e. The van der Waals surface area contributed by atoms with Crippen LogP contribution in [0.15, 0.2) is 0 Å². The van der Waals surface area contributed by atoms with Gasteiger partial charge in [-0.05, 0) is 0 Å². The molecule has 0 saturated carbocycles. The van der Waals surface area contributed by atoms with E-state index < -0.39 is 32.5 Å². The molecule has 10 heteroatoms. The Balaban J connectivity index is 2.32. The normalized spacial score (nSPS) is 32.1. The van der Waals surface area contributed by atoms with Crippen LogP contribution in [0.5, 0.6) is 0 Å². The van der Waals surface area contributed by atoms with Crippen molar-refractivity contribution in [3.63, 3.8) is 0 Å². The summed E-state index contributed by atoms with van der Waals surface area (Å²) in [5.41, 5.74) is 0. The van der Waals surface area contributed by atoms with Gasteiger partial charge in [0.2, 0.25) is 20.0 Å². The highest BCUT2D eigenvalue weighted by Gasteiger charge is 2.46. The van der Waals surface area contributed by atoms with Crippen LogP contribution in [-0.4, -0.2) is 76.7 Å². The Bertz CT molecular complexity index is 468. The summed E-state index contributed by atoms with van der Waals surface area (Å²) in [6.07, 6.45) is 0.324. The molecule has 2 rings (SSSR count). The van der Waals surface area contributed by atoms with Crippen LogP contribution in [0.4, 0.5) is 0 Å². The standard InChI is InChI=1S/C8H16N2O6S2/c1-17(11,12)9-3-4-10(18(2,13)14)8-7(9)15-5-6-16-8/h7-8H,3-6H2,1-2H3. The average Bonchev–Trinajstić information content (AvgIpc) is 2.24. The van der Waals surface area contributed by atoms with Gasteiger partial charge in [-0.15, -0.1) is 0 Å². The molecule has 0 aromatic carbocycles. The Labute approximate surface area is 107 Å². The fraction of sp³-hybridized carbons (Fsp3) is 1.00. The highest BCUT2D eigenvalue weighted by Crippen LogP contribution is 2.26. The van der Waals surface area contributed by atoms with Crippen molar-refractivity contribution in [2.45, 2.75) is 12.5 Å². The van der Waals surface area contributed by atoms with Gasteiger partial charge in [-0.1, -0.05) is 0 Å². The molecule has 2 atom stereocenters. The summed E-state index contributed by atoms with van der Waals surface area (Å²) in [5, 5.41) is 0. The maximum absolute atomic E-state index is 11.6. The number of nitrogens with zero attached hydrogens (tertiary/aromatic N) is 2. The quantitative estimate of drug-likeness (QED) is 0.599. The van der Waals surface area contributed by atoms with E-state index in [1.807, 2.05) is 0 Å². The lowest BCUT2D eigenvalue weighted by Crippen LogP contribution is -2.65. The lowest BCUT2D eigenvalue weighted by Gasteiger charge is -2.46. The second kappa shape index (κ2) is 4.69. The molecular weight excluding hydrogens is 284 g/mol. The highest BCUT2D eigenvalue weighted by atomic mass is 32.2. The van der Waals surface area contributed by atoms with E-state index in [1.165, 1.54) is 0 Å². The summed E-state index contributed by atoms with van der Waals surface area (Å²) in [6.45, 7) is 0.614. The zero-order valence-corrected chi connectivity index (χ0v) is 11.8. The number of hydrogen-bond donors (Lipinski definition) is 0. The Kier molecular flexibility index (Phi) is 3.69. The summed E-state index contributed by atoms with van der Waals surface area (Å²) in [5.74, 6) is 0. The summed E-state index contributed by atoms with van der Waals surface area (Å²) in [6, 6.07) is 0. The van der Waals surface area contributed by atoms with Crippen LogP contribution in [0.25, 0.3) is 0 Å². The van der Waals surface area contributed by atoms with Crippen molar-refractivity contribution in [2.75, 3.05) is 38.8 Å². The second-order valence-electron chi connectivity index (χ2n) is 4.27. The minimum atomic E-state index is -3.46. The van der Waals surface area contributed by atoms with Crippen molar-refractivity contribution >= 4 is 20.0 Å². The summed E-state index contributed by atoms with van der Waals surface area (Å²) in [7, 11) is -6.92. The third kappa shape index (κ3) is 2.68. The number of hydrogen-bond acceptors (Lipinski definition) is 6. The molecule has 18 heavy (non-hydrogen) atoms. The molecule has 0 aliphatic carbocycles. The topological polar surface area (TPSA) is 93.2 Å². The van der Waals surface area contributed by atoms with Crippen LogP contribution in [0.2, 0.25) is 0 Å². The first kappa shape index (κ1) is 14.2. The monoisotopic (exact) mass is 300 g/mol. The van der Waals surface area contributed by atoms with Gasteiger partial charge in [0.25, 0.3) is 0 Å². The fourth-order valence-corrected chi connectivity index (χ4v) is 4.03. The van der Waals surface area contributed by atoms with Gasteiger partial charge in [0.15, 0.2) is 12.5 Å². The van der Waals surface area contributed by atoms with Gasteiger partial charge in [-0.2, -0.15) is 8.61 Å². The lowest BCUT2D eigenvalue weighted by molar-refractivity contribution is -0.224. The van der Waals surface area contributed by atoms with Crippen molar-refractivity contribution in [2.24, 2.45) is 0 Å². The maximum Gasteiger partial charge on any atom is 0.213 e. The smallest absolute Gasteiger partial charge is 0.213 e. The number of sulfonamides is 2. The van der Waals surface area contributed by atoms with Crippen molar-refractivity contribution in [3.05, 3.63) is 0 Å². The van der Waals surface area contributed by atoms with Crippen LogP contribution < -0.4 is 0 Å². The number of ether oxygens (including phenoxy) is 2. The Hall–Kier alpha value is -0.260. The van der Waals surface area contributed by atoms with Crippen molar-refractivity contribution in [1.29, 1.82) is 0 Å². The molecule has 0 bridgehead atoms. The Morgan fingerprint density at radius 2 is 1.17 bits per heavy atom. The predicted octanol–water partition coefficient (Wildman–Crippen LogP) is -1.78. The molecule has 2 fully saturated rings. The Morgan fingerprint density at radius 1 is 0.833 bits per heavy atom. The molecule has 0 aromatic rings. The molecule has 0 N–H and O–H groups in total. The van der Waals surface area contributed by atoms with E-state index >= 15 is 0 Å². The molecule has 0 aromatic heterocycles. The first-order valence-corrected chi connectivity index (χ1v) is 9.08. The van der Waals surface area contributed by atoms with Crippen molar-refractivity contribution in [1.82, 2.24) is 8.61 Å². The SMILES string of the molecule is CS(=O)(=O)N1CCN(S(C)(=O)=O)C2OCCOC21. The van der Waals surface area contributed by atoms with Gasteiger partial charge in [-0.25, -0.2) is 16.8 Å². The van der Waals surface area contributed by atoms with Crippen LogP contribution >= 0.6 is 0 Å². The van der Waals surface area contributed by atoms with E-state index in [2.05, 4.69) is 0 Å². The first-order valence-electron chi connectivity index (χ1n) is 5.38. The summed E-state index contributed by atoms with van der Waals surface area (Å²) >= 11 is 0. The van der Waals surface area contributed by atoms with E-state index in [4.69, 9.17) is 9.47 Å². The number of rotatable bonds is 2. The third-order valence-corrected chi connectivity index (χ3v) is 5.35. The zero-order valence-electron chi connectivity index (χ0n) is 10.1. The Morgan fingerprint density at radius 3 is 1.44 bits per heavy atom. The van der Waals surface area contributed by atoms with Crippen LogP contribution in [-0.2, 0) is 29.5 Å². The molecule has 2 aliphatic rings. The van der Waals surface area contributed by atoms with Gasteiger partial charge >= 0.3 is 0 Å². The van der Waals surface area contributed by atoms with Crippen molar-refractivity contribution in [3.8, 4) is 0 Å². The van der Waals surface area contributed by atoms with Crippen LogP contribution in [0.3, 0.4) is 0 Å². The van der Waals surface area contributed by atoms with Gasteiger partial charge in [0.1, 0.15) is 0 Å². The molecule has 2 aliphatic heterocycles. The van der Waals surface area contributed by atoms with E-state index in [0.717, 1.165) is 21.1 Å². The molecule has 0 radical (unpaired) electrons. The van der Waals surface area contributed by atoms with Crippen LogP contribution in [0.1, 0.15) is 0 Å². The van der Waals surface area contributed by atoms with E-state index in [1.54, 1.807) is 0 Å². The average molecular weight is 300 g/mol. The molecule has 2 saturated heterocycles. The van der Waals surface area contributed by atoms with Gasteiger partial charge < -0.3 is 9.47 Å². The van der Waals surface area contributed by atoms with Gasteiger partial charge in [0, 0.05) is 13.1 Å². The predicted molar refractivity (Wildman–Crippen MR) is 62.6 cm³/mol. The summed E-state index contributed by atoms with van der Waals surface area (Å²) in [4.78, 5) is 0. The summed E-state index contributed by atoms with van der Waals surface area (Å²) < 4.78 is 59.5. The second-order valence-corrected chi connectivity index (χ2v) is 8.14. The molecule has 0 amide bonds. The minimum Gasteiger partial charge on any atom is -0.355 e. The van der Waals surface area contributed by atoms with Crippen molar-refractivity contribution < 1.29 is 26.3 Å². The van der Waals surface area contributed by atoms with E-state index in [9.17, 15) is 16.8 Å². The molecule has 2 unspecified atom stereocenters. The van der Waals surface area contributed by atoms with E-state index in [-0.39, 0.29) is 26.3 Å². The van der Waals surface area contributed by atoms with Gasteiger partial charge in [-0.3, -0.25) is 0 Å². The zero-order chi connectivity index (χ0) is 13.6. The number of piperazine rings is 1. The highest BCUT2D eigenvalue weighted by molar-refractivity contribution is 7.88. The minimum absolute atomic E-state index is 0.0659. The van der Waals surface area contributed by atoms with E-state index in [0.29, 0.717) is 0 Å². The number of fused-ring (bicyclic) bond motifs is 1. The molecule has 2 heterocycles. The molecule has 0 spiro atoms. The maximum atomic E-state index is 11.6. The molecule has 106 valence electrons.